The lowest BCUT2D eigenvalue weighted by Gasteiger charge is -2.10. The minimum atomic E-state index is -0.208. The molecule has 1 amide bonds. The predicted molar refractivity (Wildman–Crippen MR) is 99.7 cm³/mol. The molecule has 0 aliphatic heterocycles. The molecule has 0 bridgehead atoms. The van der Waals surface area contributed by atoms with E-state index in [0.717, 1.165) is 0 Å². The summed E-state index contributed by atoms with van der Waals surface area (Å²) in [5, 5.41) is 15.5. The largest absolute Gasteiger partial charge is 0.497 e. The Labute approximate surface area is 161 Å². The van der Waals surface area contributed by atoms with Gasteiger partial charge in [-0.1, -0.05) is 0 Å². The number of fused-ring (bicyclic) bond motifs is 1. The van der Waals surface area contributed by atoms with Crippen LogP contribution >= 0.6 is 0 Å². The second-order valence-corrected chi connectivity index (χ2v) is 5.66. The highest BCUT2D eigenvalue weighted by Crippen LogP contribution is 2.32. The molecule has 10 nitrogen and oxygen atoms in total. The van der Waals surface area contributed by atoms with Gasteiger partial charge >= 0.3 is 0 Å². The van der Waals surface area contributed by atoms with Crippen LogP contribution < -0.4 is 19.5 Å². The average Bonchev–Trinajstić information content (AvgIpc) is 3.14. The molecule has 28 heavy (non-hydrogen) atoms. The third-order valence-electron chi connectivity index (χ3n) is 3.84. The molecule has 0 unspecified atom stereocenters. The minimum absolute atomic E-state index is 0.0106. The molecular weight excluding hydrogens is 366 g/mol. The quantitative estimate of drug-likeness (QED) is 0.541. The first-order valence-electron chi connectivity index (χ1n) is 8.49. The Hall–Kier alpha value is -3.40. The maximum absolute atomic E-state index is 11.4. The zero-order valence-electron chi connectivity index (χ0n) is 15.8. The molecular formula is C18H21N5O5. The van der Waals surface area contributed by atoms with Gasteiger partial charge in [-0.3, -0.25) is 4.79 Å². The molecule has 1 aromatic carbocycles. The van der Waals surface area contributed by atoms with E-state index in [9.17, 15) is 4.79 Å². The van der Waals surface area contributed by atoms with Gasteiger partial charge in [-0.25, -0.2) is 0 Å². The van der Waals surface area contributed by atoms with Crippen LogP contribution in [0.2, 0.25) is 0 Å². The number of carbonyl (C=O) groups excluding carboxylic acids is 1. The highest BCUT2D eigenvalue weighted by atomic mass is 16.5. The van der Waals surface area contributed by atoms with Crippen molar-refractivity contribution in [3.63, 3.8) is 0 Å². The molecule has 1 N–H and O–H groups in total. The van der Waals surface area contributed by atoms with E-state index in [1.165, 1.54) is 7.11 Å². The Morgan fingerprint density at radius 2 is 1.96 bits per heavy atom. The smallest absolute Gasteiger partial charge is 0.246 e. The van der Waals surface area contributed by atoms with E-state index in [1.54, 1.807) is 49.1 Å². The molecule has 0 saturated heterocycles. The van der Waals surface area contributed by atoms with Gasteiger partial charge in [0, 0.05) is 13.2 Å². The first-order chi connectivity index (χ1) is 13.7. The molecule has 0 spiro atoms. The fourth-order valence-electron chi connectivity index (χ4n) is 2.53. The molecule has 0 aliphatic rings. The summed E-state index contributed by atoms with van der Waals surface area (Å²) >= 11 is 0. The van der Waals surface area contributed by atoms with E-state index in [0.29, 0.717) is 41.0 Å². The van der Waals surface area contributed by atoms with Crippen LogP contribution in [0.1, 0.15) is 0 Å². The summed E-state index contributed by atoms with van der Waals surface area (Å²) in [5.41, 5.74) is 1.24. The maximum atomic E-state index is 11.4. The Morgan fingerprint density at radius 1 is 1.11 bits per heavy atom. The van der Waals surface area contributed by atoms with Crippen LogP contribution in [-0.2, 0) is 9.53 Å². The van der Waals surface area contributed by atoms with Crippen LogP contribution in [0.15, 0.2) is 30.3 Å². The lowest BCUT2D eigenvalue weighted by molar-refractivity contribution is -0.124. The summed E-state index contributed by atoms with van der Waals surface area (Å²) < 4.78 is 22.6. The first kappa shape index (κ1) is 19.4. The normalized spacial score (nSPS) is 10.7. The number of benzene rings is 1. The van der Waals surface area contributed by atoms with Crippen molar-refractivity contribution in [1.29, 1.82) is 0 Å². The monoisotopic (exact) mass is 387 g/mol. The highest BCUT2D eigenvalue weighted by Gasteiger charge is 2.16. The molecule has 0 radical (unpaired) electrons. The van der Waals surface area contributed by atoms with Crippen molar-refractivity contribution in [2.45, 2.75) is 0 Å². The number of ether oxygens (including phenoxy) is 4. The van der Waals surface area contributed by atoms with Crippen LogP contribution in [0, 0.1) is 0 Å². The highest BCUT2D eigenvalue weighted by molar-refractivity contribution is 5.77. The van der Waals surface area contributed by atoms with Gasteiger partial charge in [-0.05, 0) is 24.3 Å². The maximum Gasteiger partial charge on any atom is 0.246 e. The molecule has 2 heterocycles. The van der Waals surface area contributed by atoms with Gasteiger partial charge in [-0.2, -0.15) is 4.52 Å². The van der Waals surface area contributed by atoms with E-state index in [2.05, 4.69) is 20.6 Å². The van der Waals surface area contributed by atoms with Gasteiger partial charge in [0.05, 0.1) is 26.3 Å². The van der Waals surface area contributed by atoms with Crippen molar-refractivity contribution in [3.8, 4) is 28.8 Å². The average molecular weight is 387 g/mol. The van der Waals surface area contributed by atoms with Gasteiger partial charge in [-0.15, -0.1) is 15.3 Å². The Kier molecular flexibility index (Phi) is 6.22. The van der Waals surface area contributed by atoms with Crippen molar-refractivity contribution in [1.82, 2.24) is 25.1 Å². The molecule has 3 aromatic rings. The number of rotatable bonds is 9. The zero-order chi connectivity index (χ0) is 19.9. The van der Waals surface area contributed by atoms with Gasteiger partial charge in [0.2, 0.25) is 11.8 Å². The number of hydrogen-bond donors (Lipinski definition) is 1. The number of hydrogen-bond acceptors (Lipinski definition) is 8. The molecule has 0 aliphatic carbocycles. The van der Waals surface area contributed by atoms with Crippen molar-refractivity contribution >= 4 is 11.6 Å². The fourth-order valence-corrected chi connectivity index (χ4v) is 2.53. The van der Waals surface area contributed by atoms with Gasteiger partial charge in [0.15, 0.2) is 11.5 Å². The third kappa shape index (κ3) is 4.29. The standard InChI is InChI=1S/C18H21N5O5/c1-25-11-16(24)19-8-9-28-17-7-6-15-20-21-18(23(15)22-17)13-10-12(26-2)4-5-14(13)27-3/h4-7,10H,8-9,11H2,1-3H3,(H,19,24). The molecule has 10 heteroatoms. The van der Waals surface area contributed by atoms with Gasteiger partial charge in [0.25, 0.3) is 0 Å². The predicted octanol–water partition coefficient (Wildman–Crippen LogP) is 0.950. The zero-order valence-corrected chi connectivity index (χ0v) is 15.8. The van der Waals surface area contributed by atoms with Gasteiger partial charge in [0.1, 0.15) is 24.7 Å². The number of nitrogens with zero attached hydrogens (tertiary/aromatic N) is 4. The Morgan fingerprint density at radius 3 is 2.71 bits per heavy atom. The Balaban J connectivity index is 1.80. The van der Waals surface area contributed by atoms with E-state index < -0.39 is 0 Å². The topological polar surface area (TPSA) is 109 Å². The number of amides is 1. The summed E-state index contributed by atoms with van der Waals surface area (Å²) in [7, 11) is 4.63. The molecule has 3 rings (SSSR count). The molecule has 148 valence electrons. The summed E-state index contributed by atoms with van der Waals surface area (Å²) in [4.78, 5) is 11.4. The second-order valence-electron chi connectivity index (χ2n) is 5.66. The summed E-state index contributed by atoms with van der Waals surface area (Å²) in [5.74, 6) is 1.93. The van der Waals surface area contributed by atoms with Crippen molar-refractivity contribution < 1.29 is 23.7 Å². The second kappa shape index (κ2) is 9.00. The molecule has 2 aromatic heterocycles. The van der Waals surface area contributed by atoms with Crippen LogP contribution in [0.3, 0.4) is 0 Å². The van der Waals surface area contributed by atoms with E-state index in [1.807, 2.05) is 0 Å². The minimum Gasteiger partial charge on any atom is -0.497 e. The fraction of sp³-hybridized carbons (Fsp3) is 0.333. The lowest BCUT2D eigenvalue weighted by Crippen LogP contribution is -2.31. The van der Waals surface area contributed by atoms with E-state index >= 15 is 0 Å². The molecule has 0 atom stereocenters. The summed E-state index contributed by atoms with van der Waals surface area (Å²) in [6, 6.07) is 8.82. The lowest BCUT2D eigenvalue weighted by atomic mass is 10.2. The summed E-state index contributed by atoms with van der Waals surface area (Å²) in [6.45, 7) is 0.602. The third-order valence-corrected chi connectivity index (χ3v) is 3.84. The van der Waals surface area contributed by atoms with Gasteiger partial charge < -0.3 is 24.3 Å². The van der Waals surface area contributed by atoms with Crippen LogP contribution in [0.25, 0.3) is 17.0 Å². The Bertz CT molecular complexity index is 959. The van der Waals surface area contributed by atoms with Crippen LogP contribution in [0.4, 0.5) is 0 Å². The SMILES string of the molecule is COCC(=O)NCCOc1ccc2nnc(-c3cc(OC)ccc3OC)n2n1. The number of methoxy groups -OCH3 is 3. The van der Waals surface area contributed by atoms with Crippen molar-refractivity contribution in [3.05, 3.63) is 30.3 Å². The van der Waals surface area contributed by atoms with E-state index in [-0.39, 0.29) is 19.1 Å². The number of aromatic nitrogens is 4. The van der Waals surface area contributed by atoms with Crippen LogP contribution in [-0.4, -0.2) is 66.8 Å². The summed E-state index contributed by atoms with van der Waals surface area (Å²) in [6.07, 6.45) is 0. The number of nitrogens with one attached hydrogen (secondary N) is 1. The molecule has 0 saturated carbocycles. The molecule has 0 fully saturated rings. The first-order valence-corrected chi connectivity index (χ1v) is 8.49. The number of carbonyl (C=O) groups is 1. The van der Waals surface area contributed by atoms with Crippen molar-refractivity contribution in [2.24, 2.45) is 0 Å². The van der Waals surface area contributed by atoms with E-state index in [4.69, 9.17) is 18.9 Å². The van der Waals surface area contributed by atoms with Crippen LogP contribution in [0.5, 0.6) is 17.4 Å². The van der Waals surface area contributed by atoms with Crippen molar-refractivity contribution in [2.75, 3.05) is 41.1 Å².